The molecule has 0 aliphatic carbocycles. The maximum Gasteiger partial charge on any atom is 0.0904 e. The molecule has 0 saturated carbocycles. The summed E-state index contributed by atoms with van der Waals surface area (Å²) >= 11 is 9.75. The quantitative estimate of drug-likeness (QED) is 0.672. The molecule has 4 nitrogen and oxygen atoms in total. The summed E-state index contributed by atoms with van der Waals surface area (Å²) in [7, 11) is 1.84. The van der Waals surface area contributed by atoms with Gasteiger partial charge in [-0.15, -0.1) is 0 Å². The van der Waals surface area contributed by atoms with Crippen LogP contribution >= 0.6 is 27.5 Å². The van der Waals surface area contributed by atoms with Crippen molar-refractivity contribution in [2.45, 2.75) is 13.0 Å². The van der Waals surface area contributed by atoms with Crippen LogP contribution in [-0.4, -0.2) is 9.78 Å². The van der Waals surface area contributed by atoms with Crippen LogP contribution in [-0.2, 0) is 7.05 Å². The molecule has 18 heavy (non-hydrogen) atoms. The lowest BCUT2D eigenvalue weighted by Gasteiger charge is -2.19. The van der Waals surface area contributed by atoms with Crippen LogP contribution in [0.25, 0.3) is 0 Å². The summed E-state index contributed by atoms with van der Waals surface area (Å²) < 4.78 is 2.74. The summed E-state index contributed by atoms with van der Waals surface area (Å²) in [5.74, 6) is 5.68. The predicted molar refractivity (Wildman–Crippen MR) is 76.3 cm³/mol. The Morgan fingerprint density at radius 3 is 2.78 bits per heavy atom. The molecule has 0 aliphatic heterocycles. The molecule has 0 spiro atoms. The van der Waals surface area contributed by atoms with E-state index in [1.165, 1.54) is 0 Å². The SMILES string of the molecule is Cc1cccc(C(NN)c2c(Cl)cnn2C)c1Br. The van der Waals surface area contributed by atoms with Gasteiger partial charge in [0.15, 0.2) is 0 Å². The van der Waals surface area contributed by atoms with E-state index in [1.807, 2.05) is 32.2 Å². The van der Waals surface area contributed by atoms with Crippen molar-refractivity contribution in [2.24, 2.45) is 12.9 Å². The van der Waals surface area contributed by atoms with Gasteiger partial charge in [-0.3, -0.25) is 10.5 Å². The van der Waals surface area contributed by atoms with Crippen LogP contribution in [0.1, 0.15) is 22.9 Å². The molecule has 0 fully saturated rings. The first-order valence-corrected chi connectivity index (χ1v) is 6.62. The minimum absolute atomic E-state index is 0.209. The fraction of sp³-hybridized carbons (Fsp3) is 0.250. The molecule has 0 aliphatic rings. The fourth-order valence-electron chi connectivity index (χ4n) is 1.95. The average Bonchev–Trinajstić information content (AvgIpc) is 2.67. The number of benzene rings is 1. The van der Waals surface area contributed by atoms with Crippen molar-refractivity contribution in [3.05, 3.63) is 50.7 Å². The second-order valence-electron chi connectivity index (χ2n) is 4.08. The maximum absolute atomic E-state index is 6.17. The Hall–Kier alpha value is -0.880. The Labute approximate surface area is 119 Å². The fourth-order valence-corrected chi connectivity index (χ4v) is 2.72. The van der Waals surface area contributed by atoms with Crippen LogP contribution in [0, 0.1) is 6.92 Å². The van der Waals surface area contributed by atoms with Gasteiger partial charge in [0.25, 0.3) is 0 Å². The summed E-state index contributed by atoms with van der Waals surface area (Å²) in [6.07, 6.45) is 1.62. The third-order valence-electron chi connectivity index (χ3n) is 2.91. The van der Waals surface area contributed by atoms with E-state index in [0.29, 0.717) is 5.02 Å². The number of hydrogen-bond acceptors (Lipinski definition) is 3. The molecule has 1 aromatic heterocycles. The molecule has 2 aromatic rings. The molecule has 6 heteroatoms. The lowest BCUT2D eigenvalue weighted by atomic mass is 10.0. The van der Waals surface area contributed by atoms with Crippen LogP contribution in [0.15, 0.2) is 28.9 Å². The van der Waals surface area contributed by atoms with Crippen molar-refractivity contribution in [3.8, 4) is 0 Å². The van der Waals surface area contributed by atoms with E-state index in [1.54, 1.807) is 10.9 Å². The summed E-state index contributed by atoms with van der Waals surface area (Å²) in [5, 5.41) is 4.73. The maximum atomic E-state index is 6.17. The Morgan fingerprint density at radius 2 is 2.22 bits per heavy atom. The molecule has 0 bridgehead atoms. The highest BCUT2D eigenvalue weighted by Gasteiger charge is 2.22. The monoisotopic (exact) mass is 328 g/mol. The first kappa shape index (κ1) is 13.5. The van der Waals surface area contributed by atoms with Crippen molar-refractivity contribution >= 4 is 27.5 Å². The summed E-state index contributed by atoms with van der Waals surface area (Å²) in [6, 6.07) is 5.82. The van der Waals surface area contributed by atoms with Crippen molar-refractivity contribution in [3.63, 3.8) is 0 Å². The number of aromatic nitrogens is 2. The molecule has 1 aromatic carbocycles. The van der Waals surface area contributed by atoms with Gasteiger partial charge in [0.1, 0.15) is 0 Å². The largest absolute Gasteiger partial charge is 0.271 e. The van der Waals surface area contributed by atoms with Gasteiger partial charge < -0.3 is 0 Å². The van der Waals surface area contributed by atoms with Crippen molar-refractivity contribution in [1.29, 1.82) is 0 Å². The number of nitrogens with two attached hydrogens (primary N) is 1. The van der Waals surface area contributed by atoms with E-state index >= 15 is 0 Å². The topological polar surface area (TPSA) is 55.9 Å². The van der Waals surface area contributed by atoms with E-state index < -0.39 is 0 Å². The highest BCUT2D eigenvalue weighted by atomic mass is 79.9. The van der Waals surface area contributed by atoms with Gasteiger partial charge in [-0.1, -0.05) is 45.7 Å². The number of halogens is 2. The van der Waals surface area contributed by atoms with Gasteiger partial charge in [-0.05, 0) is 18.1 Å². The van der Waals surface area contributed by atoms with Gasteiger partial charge in [0.2, 0.25) is 0 Å². The molecule has 0 amide bonds. The Bertz CT molecular complexity index is 548. The predicted octanol–water partition coefficient (Wildman–Crippen LogP) is 2.70. The van der Waals surface area contributed by atoms with Crippen LogP contribution in [0.4, 0.5) is 0 Å². The van der Waals surface area contributed by atoms with Gasteiger partial charge in [-0.25, -0.2) is 5.43 Å². The number of nitrogens with one attached hydrogen (secondary N) is 1. The second-order valence-corrected chi connectivity index (χ2v) is 5.28. The third-order valence-corrected chi connectivity index (χ3v) is 4.28. The molecule has 3 N–H and O–H groups in total. The van der Waals surface area contributed by atoms with E-state index in [-0.39, 0.29) is 6.04 Å². The van der Waals surface area contributed by atoms with E-state index in [2.05, 4.69) is 26.5 Å². The number of hydrogen-bond donors (Lipinski definition) is 2. The zero-order valence-corrected chi connectivity index (χ0v) is 12.5. The zero-order chi connectivity index (χ0) is 13.3. The highest BCUT2D eigenvalue weighted by molar-refractivity contribution is 9.10. The van der Waals surface area contributed by atoms with Crippen LogP contribution in [0.3, 0.4) is 0 Å². The molecule has 1 heterocycles. The Balaban J connectivity index is 2.56. The normalized spacial score (nSPS) is 12.7. The molecule has 96 valence electrons. The van der Waals surface area contributed by atoms with Crippen molar-refractivity contribution in [1.82, 2.24) is 15.2 Å². The number of hydrazine groups is 1. The molecular formula is C12H14BrClN4. The first-order chi connectivity index (χ1) is 8.56. The van der Waals surface area contributed by atoms with Crippen LogP contribution in [0.5, 0.6) is 0 Å². The van der Waals surface area contributed by atoms with E-state index in [4.69, 9.17) is 17.4 Å². The standard InChI is InChI=1S/C12H14BrClN4/c1-7-4-3-5-8(10(7)13)11(17-15)12-9(14)6-16-18(12)2/h3-6,11,17H,15H2,1-2H3. The lowest BCUT2D eigenvalue weighted by Crippen LogP contribution is -2.31. The zero-order valence-electron chi connectivity index (χ0n) is 10.1. The smallest absolute Gasteiger partial charge is 0.0904 e. The van der Waals surface area contributed by atoms with Crippen LogP contribution < -0.4 is 11.3 Å². The first-order valence-electron chi connectivity index (χ1n) is 5.44. The Kier molecular flexibility index (Phi) is 4.07. The number of aryl methyl sites for hydroxylation is 2. The minimum Gasteiger partial charge on any atom is -0.271 e. The van der Waals surface area contributed by atoms with Crippen molar-refractivity contribution in [2.75, 3.05) is 0 Å². The third kappa shape index (κ3) is 2.31. The average molecular weight is 330 g/mol. The van der Waals surface area contributed by atoms with E-state index in [0.717, 1.165) is 21.3 Å². The number of nitrogens with zero attached hydrogens (tertiary/aromatic N) is 2. The number of rotatable bonds is 3. The second kappa shape index (κ2) is 5.40. The highest BCUT2D eigenvalue weighted by Crippen LogP contribution is 2.33. The summed E-state index contributed by atoms with van der Waals surface area (Å²) in [4.78, 5) is 0. The van der Waals surface area contributed by atoms with Gasteiger partial charge in [0.05, 0.1) is 23.0 Å². The van der Waals surface area contributed by atoms with E-state index in [9.17, 15) is 0 Å². The molecule has 1 atom stereocenters. The molecule has 0 radical (unpaired) electrons. The van der Waals surface area contributed by atoms with Gasteiger partial charge >= 0.3 is 0 Å². The van der Waals surface area contributed by atoms with Crippen molar-refractivity contribution < 1.29 is 0 Å². The minimum atomic E-state index is -0.209. The Morgan fingerprint density at radius 1 is 1.50 bits per heavy atom. The molecular weight excluding hydrogens is 316 g/mol. The van der Waals surface area contributed by atoms with Crippen LogP contribution in [0.2, 0.25) is 5.02 Å². The molecule has 1 unspecified atom stereocenters. The lowest BCUT2D eigenvalue weighted by molar-refractivity contribution is 0.573. The van der Waals surface area contributed by atoms with Gasteiger partial charge in [-0.2, -0.15) is 5.10 Å². The summed E-state index contributed by atoms with van der Waals surface area (Å²) in [6.45, 7) is 2.03. The van der Waals surface area contributed by atoms with Gasteiger partial charge in [0, 0.05) is 11.5 Å². The molecule has 2 rings (SSSR count). The molecule has 0 saturated heterocycles. The summed E-state index contributed by atoms with van der Waals surface area (Å²) in [5.41, 5.74) is 5.81.